The summed E-state index contributed by atoms with van der Waals surface area (Å²) in [5.41, 5.74) is 1.73. The maximum Gasteiger partial charge on any atom is 0.168 e. The Labute approximate surface area is 177 Å². The summed E-state index contributed by atoms with van der Waals surface area (Å²) in [6.45, 7) is 0. The summed E-state index contributed by atoms with van der Waals surface area (Å²) in [6, 6.07) is 10.4. The number of anilines is 1. The van der Waals surface area contributed by atoms with Crippen LogP contribution in [0.2, 0.25) is 0 Å². The van der Waals surface area contributed by atoms with Crippen molar-refractivity contribution < 1.29 is 13.5 Å². The van der Waals surface area contributed by atoms with Gasteiger partial charge in [0.25, 0.3) is 0 Å². The first-order chi connectivity index (χ1) is 14.3. The van der Waals surface area contributed by atoms with Gasteiger partial charge in [-0.05, 0) is 61.6 Å². The fourth-order valence-corrected chi connectivity index (χ4v) is 4.87. The smallest absolute Gasteiger partial charge is 0.168 e. The van der Waals surface area contributed by atoms with Gasteiger partial charge in [-0.2, -0.15) is 0 Å². The Hall–Kier alpha value is -2.45. The molecule has 2 aliphatic heterocycles. The topological polar surface area (TPSA) is 95.4 Å². The molecule has 160 valence electrons. The van der Waals surface area contributed by atoms with Gasteiger partial charge in [-0.25, -0.2) is 8.42 Å². The van der Waals surface area contributed by atoms with E-state index < -0.39 is 9.84 Å². The van der Waals surface area contributed by atoms with Crippen LogP contribution in [0.3, 0.4) is 0 Å². The van der Waals surface area contributed by atoms with Gasteiger partial charge in [-0.15, -0.1) is 10.2 Å². The minimum Gasteiger partial charge on any atom is -0.507 e. The largest absolute Gasteiger partial charge is 0.507 e. The number of nitrogens with zero attached hydrogens (tertiary/aromatic N) is 3. The molecular weight excluding hydrogens is 400 g/mol. The first-order valence-electron chi connectivity index (χ1n) is 10.3. The molecule has 7 nitrogen and oxygen atoms in total. The summed E-state index contributed by atoms with van der Waals surface area (Å²) in [7, 11) is -1.14. The van der Waals surface area contributed by atoms with Gasteiger partial charge in [0.1, 0.15) is 5.75 Å². The van der Waals surface area contributed by atoms with Crippen molar-refractivity contribution in [2.24, 2.45) is 0 Å². The van der Waals surface area contributed by atoms with E-state index in [0.29, 0.717) is 34.9 Å². The van der Waals surface area contributed by atoms with Crippen LogP contribution < -0.4 is 10.2 Å². The molecule has 8 heteroatoms. The summed E-state index contributed by atoms with van der Waals surface area (Å²) in [6.07, 6.45) is 8.65. The number of phenols is 1. The van der Waals surface area contributed by atoms with E-state index in [4.69, 9.17) is 0 Å². The number of phenolic OH excluding ortho intramolecular Hbond substituents is 1. The van der Waals surface area contributed by atoms with Crippen molar-refractivity contribution in [3.8, 4) is 17.0 Å². The molecule has 2 aliphatic rings. The molecule has 4 rings (SSSR count). The molecule has 2 N–H and O–H groups in total. The number of rotatable bonds is 5. The highest BCUT2D eigenvalue weighted by atomic mass is 32.2. The van der Waals surface area contributed by atoms with Gasteiger partial charge < -0.3 is 15.3 Å². The zero-order valence-corrected chi connectivity index (χ0v) is 18.1. The second kappa shape index (κ2) is 8.35. The lowest BCUT2D eigenvalue weighted by Gasteiger charge is -2.43. The number of aromatic hydroxyl groups is 1. The highest BCUT2D eigenvalue weighted by molar-refractivity contribution is 7.93. The highest BCUT2D eigenvalue weighted by Crippen LogP contribution is 2.32. The van der Waals surface area contributed by atoms with Crippen molar-refractivity contribution in [1.29, 1.82) is 0 Å². The Morgan fingerprint density at radius 2 is 1.87 bits per heavy atom. The van der Waals surface area contributed by atoms with Gasteiger partial charge in [-0.1, -0.05) is 12.5 Å². The Morgan fingerprint density at radius 1 is 1.13 bits per heavy atom. The first-order valence-corrected chi connectivity index (χ1v) is 12.3. The minimum atomic E-state index is -3.22. The lowest BCUT2D eigenvalue weighted by atomic mass is 9.83. The molecular formula is C22H28N4O3S. The predicted molar refractivity (Wildman–Crippen MR) is 119 cm³/mol. The second-order valence-electron chi connectivity index (χ2n) is 8.41. The molecule has 3 heterocycles. The number of aromatic nitrogens is 2. The molecule has 2 unspecified atom stereocenters. The van der Waals surface area contributed by atoms with Gasteiger partial charge >= 0.3 is 0 Å². The summed E-state index contributed by atoms with van der Waals surface area (Å²) >= 11 is 0. The molecule has 0 aliphatic carbocycles. The number of benzene rings is 1. The number of fused-ring (bicyclic) bond motifs is 2. The lowest BCUT2D eigenvalue weighted by Crippen LogP contribution is -2.54. The number of nitrogens with one attached hydrogen (secondary N) is 1. The number of hydrogen-bond donors (Lipinski definition) is 2. The normalized spacial score (nSPS) is 24.1. The Morgan fingerprint density at radius 3 is 2.47 bits per heavy atom. The molecule has 2 aromatic rings. The Kier molecular flexibility index (Phi) is 5.79. The quantitative estimate of drug-likeness (QED) is 0.756. The average molecular weight is 429 g/mol. The third kappa shape index (κ3) is 4.82. The van der Waals surface area contributed by atoms with Crippen molar-refractivity contribution in [3.63, 3.8) is 0 Å². The highest BCUT2D eigenvalue weighted by Gasteiger charge is 2.33. The summed E-state index contributed by atoms with van der Waals surface area (Å²) in [5, 5.41) is 23.9. The molecule has 1 aromatic carbocycles. The zero-order chi connectivity index (χ0) is 21.3. The van der Waals surface area contributed by atoms with Crippen LogP contribution in [0.1, 0.15) is 37.7 Å². The van der Waals surface area contributed by atoms with Gasteiger partial charge in [0.05, 0.1) is 5.69 Å². The van der Waals surface area contributed by atoms with E-state index >= 15 is 0 Å². The molecule has 30 heavy (non-hydrogen) atoms. The van der Waals surface area contributed by atoms with E-state index in [-0.39, 0.29) is 5.75 Å². The number of piperidine rings is 2. The monoisotopic (exact) mass is 428 g/mol. The van der Waals surface area contributed by atoms with Crippen LogP contribution in [0.15, 0.2) is 35.7 Å². The summed E-state index contributed by atoms with van der Waals surface area (Å²) in [4.78, 5) is 2.22. The summed E-state index contributed by atoms with van der Waals surface area (Å²) in [5.74, 6) is 0.864. The van der Waals surface area contributed by atoms with Crippen molar-refractivity contribution in [2.45, 2.75) is 50.2 Å². The number of sulfone groups is 1. The molecule has 2 atom stereocenters. The van der Waals surface area contributed by atoms with Crippen LogP contribution in [0.5, 0.6) is 5.75 Å². The third-order valence-corrected chi connectivity index (χ3v) is 6.69. The Bertz CT molecular complexity index is 1020. The van der Waals surface area contributed by atoms with E-state index in [1.54, 1.807) is 12.1 Å². The number of hydrogen-bond acceptors (Lipinski definition) is 7. The maximum atomic E-state index is 11.3. The molecule has 2 fully saturated rings. The van der Waals surface area contributed by atoms with Gasteiger partial charge in [0, 0.05) is 42.4 Å². The molecule has 0 amide bonds. The first kappa shape index (κ1) is 20.8. The Balaban J connectivity index is 1.49. The van der Waals surface area contributed by atoms with Crippen molar-refractivity contribution in [2.75, 3.05) is 18.2 Å². The average Bonchev–Trinajstić information content (AvgIpc) is 2.71. The van der Waals surface area contributed by atoms with E-state index in [1.807, 2.05) is 12.1 Å². The van der Waals surface area contributed by atoms with Gasteiger partial charge in [0.2, 0.25) is 0 Å². The van der Waals surface area contributed by atoms with Crippen molar-refractivity contribution in [1.82, 2.24) is 15.5 Å². The molecule has 2 saturated heterocycles. The van der Waals surface area contributed by atoms with Gasteiger partial charge in [0.15, 0.2) is 15.7 Å². The SMILES string of the molecule is CN(c1ccc(-c2ccc(/C=C/S(C)(=O)=O)cc2O)nn1)C1CC2CCCC(C1)N2. The van der Waals surface area contributed by atoms with E-state index in [1.165, 1.54) is 31.4 Å². The maximum absolute atomic E-state index is 11.3. The molecule has 1 aromatic heterocycles. The lowest BCUT2D eigenvalue weighted by molar-refractivity contribution is 0.219. The van der Waals surface area contributed by atoms with Crippen LogP contribution in [-0.2, 0) is 9.84 Å². The molecule has 0 spiro atoms. The second-order valence-corrected chi connectivity index (χ2v) is 10.3. The molecule has 0 radical (unpaired) electrons. The van der Waals surface area contributed by atoms with Crippen LogP contribution in [0.25, 0.3) is 17.3 Å². The van der Waals surface area contributed by atoms with E-state index in [9.17, 15) is 13.5 Å². The predicted octanol–water partition coefficient (Wildman–Crippen LogP) is 2.97. The van der Waals surface area contributed by atoms with Crippen LogP contribution in [0.4, 0.5) is 5.82 Å². The molecule has 0 saturated carbocycles. The zero-order valence-electron chi connectivity index (χ0n) is 17.3. The van der Waals surface area contributed by atoms with Gasteiger partial charge in [-0.3, -0.25) is 0 Å². The van der Waals surface area contributed by atoms with Crippen LogP contribution in [0, 0.1) is 0 Å². The summed E-state index contributed by atoms with van der Waals surface area (Å²) < 4.78 is 22.5. The van der Waals surface area contributed by atoms with Crippen LogP contribution >= 0.6 is 0 Å². The van der Waals surface area contributed by atoms with Crippen LogP contribution in [-0.4, -0.2) is 55.2 Å². The fraction of sp³-hybridized carbons (Fsp3) is 0.455. The molecule has 2 bridgehead atoms. The van der Waals surface area contributed by atoms with E-state index in [0.717, 1.165) is 30.3 Å². The fourth-order valence-electron chi connectivity index (χ4n) is 4.47. The van der Waals surface area contributed by atoms with Crippen molar-refractivity contribution in [3.05, 3.63) is 41.3 Å². The van der Waals surface area contributed by atoms with Crippen molar-refractivity contribution >= 4 is 21.7 Å². The minimum absolute atomic E-state index is 0.0345. The standard InChI is InChI=1S/C22H28N4O3S/c1-26(18-13-16-4-3-5-17(14-18)23-16)22-9-8-20(24-25-22)19-7-6-15(12-21(19)27)10-11-30(2,28)29/h6-12,16-18,23,27H,3-5,13-14H2,1-2H3/b11-10+. The van der Waals surface area contributed by atoms with E-state index in [2.05, 4.69) is 27.5 Å². The third-order valence-electron chi connectivity index (χ3n) is 6.05.